The lowest BCUT2D eigenvalue weighted by molar-refractivity contribution is -0.123. The number of aliphatic hydroxyl groups is 2. The fourth-order valence-electron chi connectivity index (χ4n) is 2.33. The van der Waals surface area contributed by atoms with Crippen molar-refractivity contribution in [2.24, 2.45) is 0 Å². The van der Waals surface area contributed by atoms with Crippen molar-refractivity contribution in [3.8, 4) is 0 Å². The summed E-state index contributed by atoms with van der Waals surface area (Å²) in [5, 5.41) is 23.4. The molecule has 0 aliphatic heterocycles. The summed E-state index contributed by atoms with van der Waals surface area (Å²) in [6.45, 7) is 2.02. The molecule has 3 N–H and O–H groups in total. The Hall–Kier alpha value is -1.88. The standard InChI is InChI=1S/C18H20ClNO3/c1-12-4-2-3-5-15(12)17(22)11-20-18(23)10-16(21)13-6-8-14(19)9-7-13/h2-9,16-17,21-22H,10-11H2,1H3,(H,20,23). The maximum Gasteiger partial charge on any atom is 0.223 e. The van der Waals surface area contributed by atoms with Gasteiger partial charge in [0.05, 0.1) is 18.6 Å². The fraction of sp³-hybridized carbons (Fsp3) is 0.278. The molecule has 0 saturated heterocycles. The summed E-state index contributed by atoms with van der Waals surface area (Å²) < 4.78 is 0. The minimum atomic E-state index is -0.900. The summed E-state index contributed by atoms with van der Waals surface area (Å²) in [6.07, 6.45) is -1.74. The third kappa shape index (κ3) is 5.06. The number of carbonyl (C=O) groups excluding carboxylic acids is 1. The second kappa shape index (κ2) is 8.11. The summed E-state index contributed by atoms with van der Waals surface area (Å²) in [7, 11) is 0. The predicted molar refractivity (Wildman–Crippen MR) is 90.2 cm³/mol. The average molecular weight is 334 g/mol. The number of nitrogens with one attached hydrogen (secondary N) is 1. The van der Waals surface area contributed by atoms with Crippen molar-refractivity contribution in [3.05, 3.63) is 70.2 Å². The van der Waals surface area contributed by atoms with Gasteiger partial charge in [-0.05, 0) is 35.7 Å². The third-order valence-electron chi connectivity index (χ3n) is 3.67. The van der Waals surface area contributed by atoms with Crippen LogP contribution in [0.25, 0.3) is 0 Å². The normalized spacial score (nSPS) is 13.4. The molecule has 2 aromatic rings. The first-order chi connectivity index (χ1) is 11.0. The van der Waals surface area contributed by atoms with Gasteiger partial charge in [-0.1, -0.05) is 48.0 Å². The number of carbonyl (C=O) groups is 1. The van der Waals surface area contributed by atoms with Gasteiger partial charge in [-0.2, -0.15) is 0 Å². The Morgan fingerprint density at radius 3 is 2.39 bits per heavy atom. The molecule has 0 heterocycles. The van der Waals surface area contributed by atoms with E-state index in [4.69, 9.17) is 11.6 Å². The molecule has 0 saturated carbocycles. The number of aliphatic hydroxyl groups excluding tert-OH is 2. The van der Waals surface area contributed by atoms with Gasteiger partial charge in [-0.25, -0.2) is 0 Å². The number of hydrogen-bond acceptors (Lipinski definition) is 3. The minimum Gasteiger partial charge on any atom is -0.388 e. The Morgan fingerprint density at radius 2 is 1.74 bits per heavy atom. The van der Waals surface area contributed by atoms with Crippen LogP contribution in [0.3, 0.4) is 0 Å². The largest absolute Gasteiger partial charge is 0.388 e. The van der Waals surface area contributed by atoms with Crippen LogP contribution < -0.4 is 5.32 Å². The van der Waals surface area contributed by atoms with Crippen LogP contribution in [-0.4, -0.2) is 22.7 Å². The number of amides is 1. The van der Waals surface area contributed by atoms with E-state index in [9.17, 15) is 15.0 Å². The van der Waals surface area contributed by atoms with E-state index in [0.29, 0.717) is 10.6 Å². The molecule has 0 fully saturated rings. The zero-order chi connectivity index (χ0) is 16.8. The minimum absolute atomic E-state index is 0.0673. The molecule has 2 unspecified atom stereocenters. The van der Waals surface area contributed by atoms with E-state index in [0.717, 1.165) is 11.1 Å². The average Bonchev–Trinajstić information content (AvgIpc) is 2.53. The Morgan fingerprint density at radius 1 is 1.09 bits per heavy atom. The second-order valence-electron chi connectivity index (χ2n) is 5.45. The number of benzene rings is 2. The van der Waals surface area contributed by atoms with E-state index in [2.05, 4.69) is 5.32 Å². The molecule has 2 aromatic carbocycles. The first-order valence-corrected chi connectivity index (χ1v) is 7.79. The van der Waals surface area contributed by atoms with E-state index in [1.807, 2.05) is 31.2 Å². The molecule has 0 radical (unpaired) electrons. The molecule has 4 nitrogen and oxygen atoms in total. The lowest BCUT2D eigenvalue weighted by atomic mass is 10.0. The lowest BCUT2D eigenvalue weighted by Crippen LogP contribution is -2.29. The Kier molecular flexibility index (Phi) is 6.16. The highest BCUT2D eigenvalue weighted by Crippen LogP contribution is 2.20. The molecular formula is C18H20ClNO3. The van der Waals surface area contributed by atoms with Gasteiger partial charge in [0.15, 0.2) is 0 Å². The summed E-state index contributed by atoms with van der Waals surface area (Å²) in [6, 6.07) is 14.2. The fourth-order valence-corrected chi connectivity index (χ4v) is 2.46. The van der Waals surface area contributed by atoms with Crippen LogP contribution in [0.15, 0.2) is 48.5 Å². The summed E-state index contributed by atoms with van der Waals surface area (Å²) in [5.74, 6) is -0.319. The molecule has 2 atom stereocenters. The second-order valence-corrected chi connectivity index (χ2v) is 5.88. The Bertz CT molecular complexity index is 658. The SMILES string of the molecule is Cc1ccccc1C(O)CNC(=O)CC(O)c1ccc(Cl)cc1. The van der Waals surface area contributed by atoms with E-state index in [1.54, 1.807) is 24.3 Å². The highest BCUT2D eigenvalue weighted by atomic mass is 35.5. The van der Waals surface area contributed by atoms with Gasteiger partial charge in [0, 0.05) is 11.6 Å². The highest BCUT2D eigenvalue weighted by Gasteiger charge is 2.15. The molecule has 0 aliphatic rings. The van der Waals surface area contributed by atoms with Gasteiger partial charge in [0.2, 0.25) is 5.91 Å². The molecule has 0 bridgehead atoms. The van der Waals surface area contributed by atoms with Crippen molar-refractivity contribution in [1.29, 1.82) is 0 Å². The zero-order valence-electron chi connectivity index (χ0n) is 12.9. The lowest BCUT2D eigenvalue weighted by Gasteiger charge is -2.16. The first kappa shape index (κ1) is 17.5. The van der Waals surface area contributed by atoms with Gasteiger partial charge < -0.3 is 15.5 Å². The molecule has 5 heteroatoms. The van der Waals surface area contributed by atoms with Crippen LogP contribution in [0.2, 0.25) is 5.02 Å². The molecular weight excluding hydrogens is 314 g/mol. The van der Waals surface area contributed by atoms with Gasteiger partial charge in [-0.3, -0.25) is 4.79 Å². The molecule has 23 heavy (non-hydrogen) atoms. The number of aryl methyl sites for hydroxylation is 1. The van der Waals surface area contributed by atoms with Crippen molar-refractivity contribution in [2.45, 2.75) is 25.6 Å². The maximum absolute atomic E-state index is 11.9. The quantitative estimate of drug-likeness (QED) is 0.761. The van der Waals surface area contributed by atoms with Crippen molar-refractivity contribution in [3.63, 3.8) is 0 Å². The van der Waals surface area contributed by atoms with Crippen LogP contribution in [0.4, 0.5) is 0 Å². The van der Waals surface area contributed by atoms with Crippen LogP contribution in [0.1, 0.15) is 35.3 Å². The first-order valence-electron chi connectivity index (χ1n) is 7.41. The van der Waals surface area contributed by atoms with E-state index in [1.165, 1.54) is 0 Å². The van der Waals surface area contributed by atoms with Crippen LogP contribution >= 0.6 is 11.6 Å². The van der Waals surface area contributed by atoms with Crippen LogP contribution in [0, 0.1) is 6.92 Å². The van der Waals surface area contributed by atoms with Crippen LogP contribution in [0.5, 0.6) is 0 Å². The molecule has 2 rings (SSSR count). The highest BCUT2D eigenvalue weighted by molar-refractivity contribution is 6.30. The monoisotopic (exact) mass is 333 g/mol. The van der Waals surface area contributed by atoms with Crippen molar-refractivity contribution in [1.82, 2.24) is 5.32 Å². The number of halogens is 1. The Labute approximate surface area is 140 Å². The van der Waals surface area contributed by atoms with Crippen molar-refractivity contribution in [2.75, 3.05) is 6.54 Å². The topological polar surface area (TPSA) is 69.6 Å². The summed E-state index contributed by atoms with van der Waals surface area (Å²) in [4.78, 5) is 11.9. The molecule has 1 amide bonds. The number of hydrogen-bond donors (Lipinski definition) is 3. The van der Waals surface area contributed by atoms with Crippen molar-refractivity contribution < 1.29 is 15.0 Å². The van der Waals surface area contributed by atoms with Gasteiger partial charge in [0.25, 0.3) is 0 Å². The van der Waals surface area contributed by atoms with Crippen molar-refractivity contribution >= 4 is 17.5 Å². The van der Waals surface area contributed by atoms with Gasteiger partial charge in [-0.15, -0.1) is 0 Å². The smallest absolute Gasteiger partial charge is 0.223 e. The molecule has 122 valence electrons. The molecule has 0 aliphatic carbocycles. The molecule has 0 spiro atoms. The summed E-state index contributed by atoms with van der Waals surface area (Å²) >= 11 is 5.79. The van der Waals surface area contributed by atoms with Gasteiger partial charge >= 0.3 is 0 Å². The van der Waals surface area contributed by atoms with Crippen LogP contribution in [-0.2, 0) is 4.79 Å². The predicted octanol–water partition coefficient (Wildman–Crippen LogP) is 2.92. The Balaban J connectivity index is 1.85. The maximum atomic E-state index is 11.9. The summed E-state index contributed by atoms with van der Waals surface area (Å²) in [5.41, 5.74) is 2.38. The van der Waals surface area contributed by atoms with E-state index < -0.39 is 12.2 Å². The van der Waals surface area contributed by atoms with Gasteiger partial charge in [0.1, 0.15) is 0 Å². The third-order valence-corrected chi connectivity index (χ3v) is 3.93. The van der Waals surface area contributed by atoms with E-state index >= 15 is 0 Å². The zero-order valence-corrected chi connectivity index (χ0v) is 13.6. The van der Waals surface area contributed by atoms with E-state index in [-0.39, 0.29) is 18.9 Å². The number of rotatable bonds is 6. The molecule has 0 aromatic heterocycles.